The zero-order valence-electron chi connectivity index (χ0n) is 77.9. The second kappa shape index (κ2) is 38.6. The molecule has 11 aliphatic heterocycles. The molecule has 8 fully saturated rings. The molecule has 16 heterocycles. The van der Waals surface area contributed by atoms with Gasteiger partial charge in [0.15, 0.2) is 5.78 Å². The molecule has 9 N–H and O–H groups in total. The number of piperazine rings is 2. The summed E-state index contributed by atoms with van der Waals surface area (Å²) >= 11 is 0. The van der Waals surface area contributed by atoms with Crippen LogP contribution in [0.4, 0.5) is 52.0 Å². The van der Waals surface area contributed by atoms with Crippen LogP contribution in [-0.4, -0.2) is 316 Å². The van der Waals surface area contributed by atoms with E-state index >= 15 is 0 Å². The second-order valence-electron chi connectivity index (χ2n) is 38.0. The monoisotopic (exact) mass is 1860 g/mol. The number of aromatic amines is 1. The van der Waals surface area contributed by atoms with Crippen molar-refractivity contribution in [3.63, 3.8) is 0 Å². The van der Waals surface area contributed by atoms with Gasteiger partial charge in [-0.25, -0.2) is 24.1 Å². The summed E-state index contributed by atoms with van der Waals surface area (Å²) in [5, 5.41) is 55.3. The molecule has 2 unspecified atom stereocenters. The number of carboxylic acid groups (broad SMARTS) is 1. The largest absolute Gasteiger partial charge is 0.478 e. The Morgan fingerprint density at radius 3 is 1.58 bits per heavy atom. The molecule has 4 aromatic carbocycles. The van der Waals surface area contributed by atoms with Gasteiger partial charge in [-0.15, -0.1) is 0 Å². The van der Waals surface area contributed by atoms with E-state index in [1.165, 1.54) is 30.4 Å². The van der Waals surface area contributed by atoms with E-state index in [2.05, 4.69) is 97.1 Å². The number of nitrogens with two attached hydrogens (primary N) is 2. The van der Waals surface area contributed by atoms with Crippen LogP contribution in [0.25, 0.3) is 22.2 Å². The normalized spacial score (nSPS) is 22.1. The number of allylic oxidation sites excluding steroid dienone is 2. The first-order valence-corrected chi connectivity index (χ1v) is 47.6. The summed E-state index contributed by atoms with van der Waals surface area (Å²) in [5.41, 5.74) is 24.0. The topological polar surface area (TPSA) is 471 Å². The summed E-state index contributed by atoms with van der Waals surface area (Å²) in [6.45, 7) is 25.0. The highest BCUT2D eigenvalue weighted by atomic mass is 16.4. The van der Waals surface area contributed by atoms with Gasteiger partial charge in [0.25, 0.3) is 29.5 Å². The van der Waals surface area contributed by atoms with E-state index in [1.807, 2.05) is 81.7 Å². The van der Waals surface area contributed by atoms with Crippen molar-refractivity contribution in [2.75, 3.05) is 178 Å². The van der Waals surface area contributed by atoms with Crippen molar-refractivity contribution in [1.82, 2.24) is 95.3 Å². The first kappa shape index (κ1) is 92.0. The molecule has 12 aliphatic rings. The fraction of sp³-hybridized carbons (Fsp3) is 0.464. The molecule has 40 nitrogen and oxygen atoms in total. The quantitative estimate of drug-likeness (QED) is 0.0198. The minimum Gasteiger partial charge on any atom is -0.478 e. The van der Waals surface area contributed by atoms with Crippen LogP contribution < -0.4 is 51.5 Å². The van der Waals surface area contributed by atoms with Crippen LogP contribution in [0.15, 0.2) is 132 Å². The minimum absolute atomic E-state index is 0.0932. The maximum absolute atomic E-state index is 13.6. The number of hydrogen-bond donors (Lipinski definition) is 7. The molecular formula is C97H115N29O11. The number of piperidine rings is 5. The number of benzene rings is 4. The van der Waals surface area contributed by atoms with Gasteiger partial charge in [0, 0.05) is 205 Å². The maximum atomic E-state index is 13.6. The number of amides is 7. The van der Waals surface area contributed by atoms with Crippen LogP contribution in [0.3, 0.4) is 0 Å². The molecule has 0 spiro atoms. The number of hydrogen-bond acceptors (Lipinski definition) is 32. The number of nitrogens with one attached hydrogen (secondary N) is 4. The van der Waals surface area contributed by atoms with Gasteiger partial charge >= 0.3 is 5.97 Å². The summed E-state index contributed by atoms with van der Waals surface area (Å²) in [5.74, 6) is -0.186. The van der Waals surface area contributed by atoms with E-state index in [1.54, 1.807) is 78.0 Å². The first-order valence-electron chi connectivity index (χ1n) is 47.6. The Bertz CT molecular complexity index is 6330. The number of tetrazole rings is 2. The molecular weight excluding hydrogens is 1750 g/mol. The Morgan fingerprint density at radius 1 is 0.526 bits per heavy atom. The molecule has 0 bridgehead atoms. The fourth-order valence-corrected chi connectivity index (χ4v) is 22.0. The average molecular weight is 1860 g/mol. The van der Waals surface area contributed by atoms with Crippen molar-refractivity contribution < 1.29 is 53.1 Å². The molecule has 4 atom stereocenters. The number of aromatic nitrogens is 12. The van der Waals surface area contributed by atoms with Gasteiger partial charge in [0.05, 0.1) is 69.2 Å². The number of fused-ring (bicyclic) bond motifs is 5. The zero-order valence-corrected chi connectivity index (χ0v) is 77.9. The van der Waals surface area contributed by atoms with Crippen molar-refractivity contribution >= 4 is 127 Å². The third-order valence-corrected chi connectivity index (χ3v) is 30.1. The Morgan fingerprint density at radius 2 is 1.04 bits per heavy atom. The fourth-order valence-electron chi connectivity index (χ4n) is 22.0. The Hall–Kier alpha value is -14.1. The van der Waals surface area contributed by atoms with E-state index in [4.69, 9.17) is 26.5 Å². The van der Waals surface area contributed by atoms with Crippen molar-refractivity contribution in [3.05, 3.63) is 165 Å². The predicted octanol–water partition coefficient (Wildman–Crippen LogP) is 6.93. The smallest absolute Gasteiger partial charge is 0.335 e. The standard InChI is InChI=1S/C48H57N15O5.C41H47N9O4.C8H11N5O2/c1-28-42(29(2)63-48(57(28)3)54-55-56-63)45(66)52-32-4-7-38(49)37(25-32)43(50)31-10-15-51-40(24-31)61-22-20-58(21-23-61)27-30-11-16-59(17-12-30)33-13-18-60(19-14-33)34-5-6-35-36(26-34)47(68)62(46(35)67)39-8-9-41(64)53-44(39)65;42-28-1-5-35-34(22-28)39(45-44-35)27-7-12-43-38(21-27)49-19-17-46(18-20-49)25-26-8-13-47(14-9-26)29-10-15-48(16-11-29)30-2-4-32-33(23-30)41(54)50(40(32)53)36-6-3-31(51)24-37(36)52;1-4-6(7(14)15)5(2)13-8(12(4)3)9-10-11-13/h4-7,10,15,24-26,29-30,33,39,50H,8-9,11-14,16-23,27,49H2,1-3H3,(H,52,66)(H,53,64,65);1-2,4-5,7,12,21-23,26,29,36H,3,6,8-11,13-20,24-25,42H2,(H,44,45);5H,1-3H3,(H,14,15)/t29-,39?;;5-/m1.1/s1. The van der Waals surface area contributed by atoms with Gasteiger partial charge in [-0.05, 0) is 248 Å². The summed E-state index contributed by atoms with van der Waals surface area (Å²) in [6, 6.07) is 28.4. The number of rotatable bonds is 18. The number of Topliss-reactive ketones (excluding diaryl/α,β-unsaturated/α-hetero) is 2. The molecule has 7 saturated heterocycles. The summed E-state index contributed by atoms with van der Waals surface area (Å²) in [6.07, 6.45) is 13.0. The maximum Gasteiger partial charge on any atom is 0.335 e. The molecule has 1 aliphatic carbocycles. The Labute approximate surface area is 791 Å². The average Bonchev–Trinajstić information content (AvgIpc) is 1.59. The molecule has 40 heteroatoms. The lowest BCUT2D eigenvalue weighted by atomic mass is 9.92. The van der Waals surface area contributed by atoms with Gasteiger partial charge in [-0.3, -0.25) is 78.6 Å². The predicted molar refractivity (Wildman–Crippen MR) is 512 cm³/mol. The number of carbonyl (C=O) groups is 10. The number of anilines is 9. The number of carboxylic acids is 1. The van der Waals surface area contributed by atoms with Crippen LogP contribution in [0, 0.1) is 17.2 Å². The number of carbonyl (C=O) groups excluding carboxylic acids is 9. The van der Waals surface area contributed by atoms with Gasteiger partial charge in [0.1, 0.15) is 29.2 Å². The number of likely N-dealkylation sites (tertiary alicyclic amines) is 2. The van der Waals surface area contributed by atoms with E-state index < -0.39 is 47.6 Å². The minimum atomic E-state index is -0.972. The van der Waals surface area contributed by atoms with E-state index in [-0.39, 0.29) is 73.3 Å². The van der Waals surface area contributed by atoms with Crippen LogP contribution in [0.5, 0.6) is 0 Å². The number of nitrogens with zero attached hydrogens (tertiary/aromatic N) is 23. The molecule has 1 saturated carbocycles. The van der Waals surface area contributed by atoms with Gasteiger partial charge in [0.2, 0.25) is 23.7 Å². The third-order valence-electron chi connectivity index (χ3n) is 30.1. The number of H-pyrrole nitrogens is 1. The number of nitrogen functional groups attached to an aromatic ring is 2. The Kier molecular flexibility index (Phi) is 25.9. The van der Waals surface area contributed by atoms with Crippen molar-refractivity contribution in [3.8, 4) is 11.3 Å². The lowest BCUT2D eigenvalue weighted by Gasteiger charge is -2.43. The molecule has 21 rings (SSSR count). The highest BCUT2D eigenvalue weighted by molar-refractivity contribution is 6.25. The van der Waals surface area contributed by atoms with Crippen LogP contribution in [-0.2, 0) is 28.8 Å². The summed E-state index contributed by atoms with van der Waals surface area (Å²) in [7, 11) is 3.56. The Balaban J connectivity index is 0.000000155. The lowest BCUT2D eigenvalue weighted by molar-refractivity contribution is -0.137. The van der Waals surface area contributed by atoms with Gasteiger partial charge < -0.3 is 61.1 Å². The van der Waals surface area contributed by atoms with Crippen molar-refractivity contribution in [2.45, 2.75) is 147 Å². The third kappa shape index (κ3) is 18.4. The molecule has 0 radical (unpaired) electrons. The van der Waals surface area contributed by atoms with Crippen LogP contribution >= 0.6 is 0 Å². The van der Waals surface area contributed by atoms with E-state index in [9.17, 15) is 53.4 Å². The molecule has 137 heavy (non-hydrogen) atoms. The molecule has 5 aromatic heterocycles. The van der Waals surface area contributed by atoms with Gasteiger partial charge in [-0.2, -0.15) is 5.10 Å². The van der Waals surface area contributed by atoms with Crippen molar-refractivity contribution in [1.29, 1.82) is 5.41 Å². The van der Waals surface area contributed by atoms with Crippen LogP contribution in [0.1, 0.15) is 176 Å². The van der Waals surface area contributed by atoms with E-state index in [0.717, 1.165) is 210 Å². The highest BCUT2D eigenvalue weighted by Crippen LogP contribution is 2.41. The molecule has 9 aromatic rings. The number of ketones is 2. The second-order valence-corrected chi connectivity index (χ2v) is 38.0. The number of imide groups is 3. The van der Waals surface area contributed by atoms with Crippen molar-refractivity contribution in [2.24, 2.45) is 11.8 Å². The van der Waals surface area contributed by atoms with E-state index in [0.29, 0.717) is 97.4 Å². The SMILES string of the molecule is CC1=C(C(=O)Nc2ccc(N)c(C(=N)c3ccnc(N4CCN(CC5CCN(C6CCN(c7ccc8c(c7)C(=O)N(C7CCC(=O)NC7=O)C8=O)CC6)CC5)CC4)c3)c2)[C@@H](C)n2nnnc2N1C.CC1=C(C(=O)O)[C@@H](C)n2nnnc2N1C.Nc1ccc2[nH]nc(-c3ccnc(N4CCN(CC5CCN(C6CCN(c7ccc8c(c7)C(=O)N(C7CCC(=O)CC7=O)C8=O)CC6)CC5)CC4)c3)c2c1. The van der Waals surface area contributed by atoms with Crippen LogP contribution in [0.2, 0.25) is 0 Å². The lowest BCUT2D eigenvalue weighted by Crippen LogP contribution is -2.54. The zero-order chi connectivity index (χ0) is 95.5. The highest BCUT2D eigenvalue weighted by Gasteiger charge is 2.48. The molecule has 714 valence electrons. The summed E-state index contributed by atoms with van der Waals surface area (Å²) < 4.78 is 3.11. The summed E-state index contributed by atoms with van der Waals surface area (Å²) in [4.78, 5) is 161. The number of aliphatic carboxylic acids is 1. The van der Waals surface area contributed by atoms with Gasteiger partial charge in [-0.1, -0.05) is 10.2 Å². The first-order chi connectivity index (χ1) is 66.1. The molecule has 7 amide bonds. The number of pyridine rings is 2.